The van der Waals surface area contributed by atoms with Gasteiger partial charge in [0.1, 0.15) is 5.75 Å². The van der Waals surface area contributed by atoms with E-state index in [-0.39, 0.29) is 11.7 Å². The van der Waals surface area contributed by atoms with Gasteiger partial charge in [0.05, 0.1) is 12.4 Å². The average Bonchev–Trinajstić information content (AvgIpc) is 3.24. The highest BCUT2D eigenvalue weighted by molar-refractivity contribution is 7.99. The van der Waals surface area contributed by atoms with E-state index in [0.29, 0.717) is 33.3 Å². The van der Waals surface area contributed by atoms with Gasteiger partial charge in [0, 0.05) is 27.0 Å². The summed E-state index contributed by atoms with van der Waals surface area (Å²) in [5, 5.41) is 13.4. The van der Waals surface area contributed by atoms with E-state index in [0.717, 1.165) is 17.0 Å². The lowest BCUT2D eigenvalue weighted by Crippen LogP contribution is -2.14. The minimum absolute atomic E-state index is 0.159. The third-order valence-corrected chi connectivity index (χ3v) is 6.00. The summed E-state index contributed by atoms with van der Waals surface area (Å²) in [6.45, 7) is 2.53. The van der Waals surface area contributed by atoms with Gasteiger partial charge in [-0.3, -0.25) is 9.36 Å². The third-order valence-electron chi connectivity index (χ3n) is 4.58. The largest absolute Gasteiger partial charge is 0.494 e. The number of anilines is 1. The Balaban J connectivity index is 1.60. The van der Waals surface area contributed by atoms with E-state index in [1.54, 1.807) is 30.3 Å². The number of hydrogen-bond acceptors (Lipinski definition) is 5. The first kappa shape index (κ1) is 23.2. The van der Waals surface area contributed by atoms with Crippen molar-refractivity contribution in [3.8, 4) is 22.8 Å². The molecule has 0 saturated carbocycles. The van der Waals surface area contributed by atoms with Crippen LogP contribution in [0.5, 0.6) is 5.75 Å². The average molecular weight is 499 g/mol. The van der Waals surface area contributed by atoms with E-state index in [1.165, 1.54) is 11.8 Å². The Kier molecular flexibility index (Phi) is 7.54. The third kappa shape index (κ3) is 5.87. The number of amides is 1. The Hall–Kier alpha value is -3.00. The van der Waals surface area contributed by atoms with Crippen molar-refractivity contribution in [3.05, 3.63) is 82.8 Å². The lowest BCUT2D eigenvalue weighted by Gasteiger charge is -2.12. The summed E-state index contributed by atoms with van der Waals surface area (Å²) in [6.07, 6.45) is 0. The van der Waals surface area contributed by atoms with E-state index in [4.69, 9.17) is 27.9 Å². The van der Waals surface area contributed by atoms with Gasteiger partial charge in [0.2, 0.25) is 5.91 Å². The number of rotatable bonds is 8. The van der Waals surface area contributed by atoms with Crippen LogP contribution in [0.4, 0.5) is 5.69 Å². The first-order valence-electron chi connectivity index (χ1n) is 10.2. The molecule has 3 aromatic carbocycles. The molecule has 4 aromatic rings. The fraction of sp³-hybridized carbons (Fsp3) is 0.125. The molecule has 0 atom stereocenters. The Morgan fingerprint density at radius 3 is 2.45 bits per heavy atom. The molecule has 6 nitrogen and oxygen atoms in total. The number of ether oxygens (including phenoxy) is 1. The second kappa shape index (κ2) is 10.7. The summed E-state index contributed by atoms with van der Waals surface area (Å²) in [5.74, 6) is 1.40. The fourth-order valence-electron chi connectivity index (χ4n) is 3.13. The molecule has 9 heteroatoms. The summed E-state index contributed by atoms with van der Waals surface area (Å²) in [4.78, 5) is 12.5. The minimum atomic E-state index is -0.159. The van der Waals surface area contributed by atoms with Crippen molar-refractivity contribution in [2.75, 3.05) is 17.7 Å². The molecule has 1 heterocycles. The van der Waals surface area contributed by atoms with E-state index in [2.05, 4.69) is 15.5 Å². The summed E-state index contributed by atoms with van der Waals surface area (Å²) < 4.78 is 7.46. The van der Waals surface area contributed by atoms with Gasteiger partial charge in [-0.2, -0.15) is 0 Å². The highest BCUT2D eigenvalue weighted by Gasteiger charge is 2.18. The molecule has 0 aliphatic carbocycles. The molecule has 4 rings (SSSR count). The second-order valence-electron chi connectivity index (χ2n) is 6.92. The monoisotopic (exact) mass is 498 g/mol. The van der Waals surface area contributed by atoms with Crippen molar-refractivity contribution in [3.63, 3.8) is 0 Å². The van der Waals surface area contributed by atoms with Crippen LogP contribution in [0.15, 0.2) is 78.0 Å². The second-order valence-corrected chi connectivity index (χ2v) is 8.74. The first-order chi connectivity index (χ1) is 16.0. The van der Waals surface area contributed by atoms with Crippen molar-refractivity contribution < 1.29 is 9.53 Å². The maximum atomic E-state index is 12.5. The molecule has 33 heavy (non-hydrogen) atoms. The number of nitrogens with zero attached hydrogens (tertiary/aromatic N) is 3. The van der Waals surface area contributed by atoms with Gasteiger partial charge in [-0.15, -0.1) is 10.2 Å². The molecule has 0 fully saturated rings. The van der Waals surface area contributed by atoms with Gasteiger partial charge >= 0.3 is 0 Å². The van der Waals surface area contributed by atoms with E-state index in [1.807, 2.05) is 54.0 Å². The standard InChI is InChI=1S/C24H20Cl2N4O2S/c1-2-32-21-12-10-20(11-13-21)30-23(16-4-3-5-18(26)14-16)28-29-24(30)33-15-22(31)27-19-8-6-17(25)7-9-19/h3-14H,2,15H2,1H3,(H,27,31). The summed E-state index contributed by atoms with van der Waals surface area (Å²) >= 11 is 13.4. The molecule has 0 spiro atoms. The Morgan fingerprint density at radius 2 is 1.76 bits per heavy atom. The van der Waals surface area contributed by atoms with Gasteiger partial charge in [0.25, 0.3) is 0 Å². The molecule has 0 unspecified atom stereocenters. The van der Waals surface area contributed by atoms with Crippen molar-refractivity contribution in [2.24, 2.45) is 0 Å². The maximum absolute atomic E-state index is 12.5. The molecular formula is C24H20Cl2N4O2S. The Bertz CT molecular complexity index is 1240. The summed E-state index contributed by atoms with van der Waals surface area (Å²) in [5.41, 5.74) is 2.35. The molecule has 0 bridgehead atoms. The lowest BCUT2D eigenvalue weighted by molar-refractivity contribution is -0.113. The molecule has 0 radical (unpaired) electrons. The minimum Gasteiger partial charge on any atom is -0.494 e. The summed E-state index contributed by atoms with van der Waals surface area (Å²) in [6, 6.07) is 22.0. The van der Waals surface area contributed by atoms with Gasteiger partial charge in [-0.25, -0.2) is 0 Å². The smallest absolute Gasteiger partial charge is 0.234 e. The molecule has 0 aliphatic heterocycles. The van der Waals surface area contributed by atoms with Crippen LogP contribution >= 0.6 is 35.0 Å². The number of nitrogens with one attached hydrogen (secondary N) is 1. The normalized spacial score (nSPS) is 10.8. The van der Waals surface area contributed by atoms with Crippen LogP contribution in [-0.4, -0.2) is 33.0 Å². The van der Waals surface area contributed by atoms with E-state index in [9.17, 15) is 4.79 Å². The Morgan fingerprint density at radius 1 is 1.00 bits per heavy atom. The number of halogens is 2. The number of carbonyl (C=O) groups is 1. The molecule has 0 saturated heterocycles. The van der Waals surface area contributed by atoms with Crippen molar-refractivity contribution in [1.82, 2.24) is 14.8 Å². The summed E-state index contributed by atoms with van der Waals surface area (Å²) in [7, 11) is 0. The van der Waals surface area contributed by atoms with Gasteiger partial charge in [0.15, 0.2) is 11.0 Å². The lowest BCUT2D eigenvalue weighted by atomic mass is 10.2. The van der Waals surface area contributed by atoms with Crippen LogP contribution in [0.3, 0.4) is 0 Å². The van der Waals surface area contributed by atoms with Crippen molar-refractivity contribution in [2.45, 2.75) is 12.1 Å². The number of carbonyl (C=O) groups excluding carboxylic acids is 1. The van der Waals surface area contributed by atoms with Gasteiger partial charge in [-0.05, 0) is 67.6 Å². The number of thioether (sulfide) groups is 1. The Labute approximate surface area is 205 Å². The predicted molar refractivity (Wildman–Crippen MR) is 134 cm³/mol. The highest BCUT2D eigenvalue weighted by atomic mass is 35.5. The molecule has 1 N–H and O–H groups in total. The van der Waals surface area contributed by atoms with Crippen LogP contribution in [0.25, 0.3) is 17.1 Å². The number of benzene rings is 3. The topological polar surface area (TPSA) is 69.0 Å². The van der Waals surface area contributed by atoms with Gasteiger partial charge < -0.3 is 10.1 Å². The van der Waals surface area contributed by atoms with E-state index >= 15 is 0 Å². The van der Waals surface area contributed by atoms with Gasteiger partial charge in [-0.1, -0.05) is 47.1 Å². The molecule has 1 aromatic heterocycles. The van der Waals surface area contributed by atoms with Crippen LogP contribution in [0, 0.1) is 0 Å². The predicted octanol–water partition coefficient (Wildman–Crippen LogP) is 6.37. The van der Waals surface area contributed by atoms with Crippen molar-refractivity contribution >= 4 is 46.6 Å². The van der Waals surface area contributed by atoms with Crippen LogP contribution in [-0.2, 0) is 4.79 Å². The number of aromatic nitrogens is 3. The highest BCUT2D eigenvalue weighted by Crippen LogP contribution is 2.30. The first-order valence-corrected chi connectivity index (χ1v) is 11.9. The van der Waals surface area contributed by atoms with E-state index < -0.39 is 0 Å². The quantitative estimate of drug-likeness (QED) is 0.285. The molecule has 1 amide bonds. The fourth-order valence-corrected chi connectivity index (χ4v) is 4.20. The van der Waals surface area contributed by atoms with Crippen LogP contribution in [0.1, 0.15) is 6.92 Å². The molecule has 0 aliphatic rings. The van der Waals surface area contributed by atoms with Crippen LogP contribution in [0.2, 0.25) is 10.0 Å². The molecule has 168 valence electrons. The zero-order valence-corrected chi connectivity index (χ0v) is 20.0. The van der Waals surface area contributed by atoms with Crippen LogP contribution < -0.4 is 10.1 Å². The maximum Gasteiger partial charge on any atom is 0.234 e. The van der Waals surface area contributed by atoms with Crippen molar-refractivity contribution in [1.29, 1.82) is 0 Å². The zero-order valence-electron chi connectivity index (χ0n) is 17.7. The SMILES string of the molecule is CCOc1ccc(-n2c(SCC(=O)Nc3ccc(Cl)cc3)nnc2-c2cccc(Cl)c2)cc1. The zero-order chi connectivity index (χ0) is 23.2. The molecular weight excluding hydrogens is 479 g/mol. The number of hydrogen-bond donors (Lipinski definition) is 1.